The van der Waals surface area contributed by atoms with Gasteiger partial charge in [-0.3, -0.25) is 0 Å². The molecule has 2 rings (SSSR count). The third-order valence-corrected chi connectivity index (χ3v) is 4.33. The number of sulfonamides is 1. The van der Waals surface area contributed by atoms with E-state index in [0.29, 0.717) is 4.47 Å². The molecule has 0 saturated heterocycles. The molecule has 7 heteroatoms. The third-order valence-electron chi connectivity index (χ3n) is 2.90. The van der Waals surface area contributed by atoms with Gasteiger partial charge in [-0.25, -0.2) is 17.9 Å². The number of ether oxygens (including phenoxy) is 1. The summed E-state index contributed by atoms with van der Waals surface area (Å²) in [4.78, 5) is -0.100. The minimum Gasteiger partial charge on any atom is -0.487 e. The Bertz CT molecular complexity index is 778. The quantitative estimate of drug-likeness (QED) is 0.894. The van der Waals surface area contributed by atoms with Gasteiger partial charge in [0.1, 0.15) is 23.1 Å². The molecule has 21 heavy (non-hydrogen) atoms. The standard InChI is InChI=1S/C14H13BrFNO3S/c1-9-6-12(16)4-2-10(9)8-20-13-5-3-11(15)7-14(13)21(17,18)19/h2-7H,8H2,1H3,(H2,17,18,19). The van der Waals surface area contributed by atoms with Crippen molar-refractivity contribution in [1.29, 1.82) is 0 Å². The topological polar surface area (TPSA) is 69.4 Å². The highest BCUT2D eigenvalue weighted by Gasteiger charge is 2.16. The van der Waals surface area contributed by atoms with E-state index in [-0.39, 0.29) is 23.1 Å². The molecule has 0 amide bonds. The van der Waals surface area contributed by atoms with Gasteiger partial charge in [-0.1, -0.05) is 22.0 Å². The fourth-order valence-electron chi connectivity index (χ4n) is 1.80. The van der Waals surface area contributed by atoms with Crippen LogP contribution in [0.2, 0.25) is 0 Å². The highest BCUT2D eigenvalue weighted by Crippen LogP contribution is 2.27. The Hall–Kier alpha value is -1.44. The lowest BCUT2D eigenvalue weighted by molar-refractivity contribution is 0.297. The normalized spacial score (nSPS) is 11.4. The number of hydrogen-bond acceptors (Lipinski definition) is 3. The first-order chi connectivity index (χ1) is 9.77. The largest absolute Gasteiger partial charge is 0.487 e. The van der Waals surface area contributed by atoms with Crippen LogP contribution in [0.5, 0.6) is 5.75 Å². The van der Waals surface area contributed by atoms with Gasteiger partial charge in [0.15, 0.2) is 0 Å². The molecule has 2 aromatic carbocycles. The molecule has 0 aliphatic heterocycles. The predicted molar refractivity (Wildman–Crippen MR) is 81.0 cm³/mol. The smallest absolute Gasteiger partial charge is 0.241 e. The summed E-state index contributed by atoms with van der Waals surface area (Å²) in [5.74, 6) is -0.172. The zero-order chi connectivity index (χ0) is 15.6. The van der Waals surface area contributed by atoms with Crippen LogP contribution >= 0.6 is 15.9 Å². The molecule has 2 aromatic rings. The SMILES string of the molecule is Cc1cc(F)ccc1COc1ccc(Br)cc1S(N)(=O)=O. The molecule has 0 aromatic heterocycles. The Balaban J connectivity index is 2.28. The second-order valence-electron chi connectivity index (χ2n) is 4.50. The van der Waals surface area contributed by atoms with Gasteiger partial charge in [-0.2, -0.15) is 0 Å². The van der Waals surface area contributed by atoms with Crippen molar-refractivity contribution in [2.45, 2.75) is 18.4 Å². The Morgan fingerprint density at radius 1 is 1.24 bits per heavy atom. The maximum absolute atomic E-state index is 13.0. The molecular weight excluding hydrogens is 361 g/mol. The van der Waals surface area contributed by atoms with Crippen molar-refractivity contribution >= 4 is 26.0 Å². The van der Waals surface area contributed by atoms with Crippen LogP contribution in [0.15, 0.2) is 45.8 Å². The van der Waals surface area contributed by atoms with Crippen molar-refractivity contribution in [1.82, 2.24) is 0 Å². The lowest BCUT2D eigenvalue weighted by Crippen LogP contribution is -2.14. The maximum Gasteiger partial charge on any atom is 0.241 e. The van der Waals surface area contributed by atoms with Crippen molar-refractivity contribution in [2.75, 3.05) is 0 Å². The van der Waals surface area contributed by atoms with Crippen LogP contribution in [-0.4, -0.2) is 8.42 Å². The predicted octanol–water partition coefficient (Wildman–Crippen LogP) is 3.12. The van der Waals surface area contributed by atoms with Gasteiger partial charge in [0.25, 0.3) is 0 Å². The first kappa shape index (κ1) is 15.9. The summed E-state index contributed by atoms with van der Waals surface area (Å²) in [5.41, 5.74) is 1.49. The molecule has 0 spiro atoms. The van der Waals surface area contributed by atoms with Crippen LogP contribution < -0.4 is 9.88 Å². The number of rotatable bonds is 4. The van der Waals surface area contributed by atoms with Crippen molar-refractivity contribution in [2.24, 2.45) is 5.14 Å². The van der Waals surface area contributed by atoms with Crippen LogP contribution in [0.1, 0.15) is 11.1 Å². The van der Waals surface area contributed by atoms with Gasteiger partial charge in [0.2, 0.25) is 10.0 Å². The number of aryl methyl sites for hydroxylation is 1. The van der Waals surface area contributed by atoms with E-state index >= 15 is 0 Å². The first-order valence-electron chi connectivity index (χ1n) is 5.97. The fourth-order valence-corrected chi connectivity index (χ4v) is 3.01. The van der Waals surface area contributed by atoms with Crippen molar-refractivity contribution in [3.8, 4) is 5.75 Å². The lowest BCUT2D eigenvalue weighted by Gasteiger charge is -2.12. The fraction of sp³-hybridized carbons (Fsp3) is 0.143. The molecule has 0 unspecified atom stereocenters. The third kappa shape index (κ3) is 4.03. The summed E-state index contributed by atoms with van der Waals surface area (Å²) < 4.78 is 42.2. The van der Waals surface area contributed by atoms with Gasteiger partial charge in [-0.15, -0.1) is 0 Å². The number of hydrogen-bond donors (Lipinski definition) is 1. The molecule has 0 heterocycles. The summed E-state index contributed by atoms with van der Waals surface area (Å²) in [7, 11) is -3.89. The van der Waals surface area contributed by atoms with E-state index in [1.54, 1.807) is 19.1 Å². The molecule has 0 bridgehead atoms. The molecule has 0 saturated carbocycles. The number of halogens is 2. The second kappa shape index (κ2) is 6.13. The lowest BCUT2D eigenvalue weighted by atomic mass is 10.1. The van der Waals surface area contributed by atoms with Crippen LogP contribution in [0.4, 0.5) is 4.39 Å². The van der Waals surface area contributed by atoms with Gasteiger partial charge >= 0.3 is 0 Å². The van der Waals surface area contributed by atoms with E-state index in [1.807, 2.05) is 0 Å². The Labute approximate surface area is 130 Å². The summed E-state index contributed by atoms with van der Waals surface area (Å²) in [5, 5.41) is 5.17. The van der Waals surface area contributed by atoms with E-state index in [1.165, 1.54) is 24.3 Å². The van der Waals surface area contributed by atoms with E-state index < -0.39 is 10.0 Å². The van der Waals surface area contributed by atoms with Gasteiger partial charge < -0.3 is 4.74 Å². The number of benzene rings is 2. The van der Waals surface area contributed by atoms with Crippen LogP contribution in [0.3, 0.4) is 0 Å². The van der Waals surface area contributed by atoms with E-state index in [9.17, 15) is 12.8 Å². The van der Waals surface area contributed by atoms with Crippen LogP contribution in [0.25, 0.3) is 0 Å². The molecule has 2 N–H and O–H groups in total. The zero-order valence-electron chi connectivity index (χ0n) is 11.1. The van der Waals surface area contributed by atoms with E-state index in [2.05, 4.69) is 15.9 Å². The Morgan fingerprint density at radius 2 is 1.95 bits per heavy atom. The van der Waals surface area contributed by atoms with Crippen molar-refractivity contribution in [3.05, 3.63) is 57.8 Å². The molecule has 0 fully saturated rings. The number of nitrogens with two attached hydrogens (primary N) is 1. The summed E-state index contributed by atoms with van der Waals surface area (Å²) in [6.45, 7) is 1.88. The summed E-state index contributed by atoms with van der Waals surface area (Å²) in [6.07, 6.45) is 0. The van der Waals surface area contributed by atoms with Crippen molar-refractivity contribution < 1.29 is 17.5 Å². The van der Waals surface area contributed by atoms with Crippen LogP contribution in [0, 0.1) is 12.7 Å². The van der Waals surface area contributed by atoms with E-state index in [4.69, 9.17) is 9.88 Å². The molecule has 0 aliphatic carbocycles. The molecule has 0 radical (unpaired) electrons. The molecule has 0 aliphatic rings. The minimum atomic E-state index is -3.89. The molecule has 4 nitrogen and oxygen atoms in total. The van der Waals surface area contributed by atoms with Gasteiger partial charge in [0, 0.05) is 4.47 Å². The average molecular weight is 374 g/mol. The summed E-state index contributed by atoms with van der Waals surface area (Å²) >= 11 is 3.19. The Kier molecular flexibility index (Phi) is 4.65. The highest BCUT2D eigenvalue weighted by atomic mass is 79.9. The molecular formula is C14H13BrFNO3S. The highest BCUT2D eigenvalue weighted by molar-refractivity contribution is 9.10. The number of primary sulfonamides is 1. The molecule has 112 valence electrons. The van der Waals surface area contributed by atoms with Crippen molar-refractivity contribution in [3.63, 3.8) is 0 Å². The molecule has 0 atom stereocenters. The average Bonchev–Trinajstić information content (AvgIpc) is 2.38. The second-order valence-corrected chi connectivity index (χ2v) is 6.94. The van der Waals surface area contributed by atoms with Gasteiger partial charge in [0.05, 0.1) is 0 Å². The maximum atomic E-state index is 13.0. The monoisotopic (exact) mass is 373 g/mol. The zero-order valence-corrected chi connectivity index (χ0v) is 13.5. The first-order valence-corrected chi connectivity index (χ1v) is 8.31. The van der Waals surface area contributed by atoms with Crippen LogP contribution in [-0.2, 0) is 16.6 Å². The Morgan fingerprint density at radius 3 is 2.57 bits per heavy atom. The summed E-state index contributed by atoms with van der Waals surface area (Å²) in [6, 6.07) is 8.86. The van der Waals surface area contributed by atoms with E-state index in [0.717, 1.165) is 11.1 Å². The minimum absolute atomic E-state index is 0.100. The van der Waals surface area contributed by atoms with Gasteiger partial charge in [-0.05, 0) is 48.4 Å².